The van der Waals surface area contributed by atoms with Crippen LogP contribution < -0.4 is 10.1 Å². The van der Waals surface area contributed by atoms with Crippen LogP contribution in [0.15, 0.2) is 24.3 Å². The maximum absolute atomic E-state index is 5.36. The van der Waals surface area contributed by atoms with Crippen LogP contribution in [0.2, 0.25) is 0 Å². The third-order valence-corrected chi connectivity index (χ3v) is 3.20. The molecule has 1 aliphatic rings. The second kappa shape index (κ2) is 4.67. The molecule has 0 spiro atoms. The van der Waals surface area contributed by atoms with E-state index in [9.17, 15) is 0 Å². The minimum Gasteiger partial charge on any atom is -0.496 e. The highest BCUT2D eigenvalue weighted by molar-refractivity contribution is 5.35. The Bertz CT molecular complexity index is 320. The molecule has 0 aliphatic heterocycles. The molecule has 1 aromatic carbocycles. The number of hydrogen-bond acceptors (Lipinski definition) is 2. The lowest BCUT2D eigenvalue weighted by Crippen LogP contribution is -2.36. The van der Waals surface area contributed by atoms with Crippen molar-refractivity contribution >= 4 is 0 Å². The van der Waals surface area contributed by atoms with Crippen molar-refractivity contribution in [3.8, 4) is 5.75 Å². The molecule has 1 saturated carbocycles. The van der Waals surface area contributed by atoms with E-state index in [4.69, 9.17) is 4.74 Å². The summed E-state index contributed by atoms with van der Waals surface area (Å²) in [4.78, 5) is 0. The van der Waals surface area contributed by atoms with Crippen molar-refractivity contribution < 1.29 is 4.74 Å². The van der Waals surface area contributed by atoms with Crippen LogP contribution in [0.4, 0.5) is 0 Å². The highest BCUT2D eigenvalue weighted by Crippen LogP contribution is 2.27. The first-order chi connectivity index (χ1) is 7.31. The normalized spacial score (nSPS) is 18.3. The van der Waals surface area contributed by atoms with Crippen molar-refractivity contribution in [3.63, 3.8) is 0 Å². The molecule has 0 amide bonds. The van der Waals surface area contributed by atoms with Crippen LogP contribution >= 0.6 is 0 Å². The number of ether oxygens (including phenoxy) is 1. The summed E-state index contributed by atoms with van der Waals surface area (Å²) in [6, 6.07) is 9.33. The topological polar surface area (TPSA) is 21.3 Å². The SMILES string of the molecule is COc1ccccc1[C@@H](C)NC1CCC1. The molecule has 0 saturated heterocycles. The van der Waals surface area contributed by atoms with Gasteiger partial charge in [-0.2, -0.15) is 0 Å². The zero-order chi connectivity index (χ0) is 10.7. The Hall–Kier alpha value is -1.02. The highest BCUT2D eigenvalue weighted by atomic mass is 16.5. The average Bonchev–Trinajstić information content (AvgIpc) is 2.23. The van der Waals surface area contributed by atoms with Gasteiger partial charge in [0.1, 0.15) is 5.75 Å². The zero-order valence-electron chi connectivity index (χ0n) is 9.49. The van der Waals surface area contributed by atoms with Crippen LogP contribution in [0.25, 0.3) is 0 Å². The summed E-state index contributed by atoms with van der Waals surface area (Å²) < 4.78 is 5.36. The molecule has 0 radical (unpaired) electrons. The van der Waals surface area contributed by atoms with Crippen molar-refractivity contribution in [1.29, 1.82) is 0 Å². The molecule has 2 nitrogen and oxygen atoms in total. The molecule has 2 heteroatoms. The Morgan fingerprint density at radius 3 is 2.67 bits per heavy atom. The Labute approximate surface area is 91.6 Å². The summed E-state index contributed by atoms with van der Waals surface area (Å²) in [5.74, 6) is 0.983. The molecule has 1 atom stereocenters. The van der Waals surface area contributed by atoms with Gasteiger partial charge in [0, 0.05) is 17.6 Å². The Morgan fingerprint density at radius 2 is 2.07 bits per heavy atom. The first-order valence-corrected chi connectivity index (χ1v) is 5.70. The van der Waals surface area contributed by atoms with Gasteiger partial charge < -0.3 is 10.1 Å². The second-order valence-electron chi connectivity index (χ2n) is 4.26. The fourth-order valence-electron chi connectivity index (χ4n) is 2.04. The third-order valence-electron chi connectivity index (χ3n) is 3.20. The molecule has 0 unspecified atom stereocenters. The number of methoxy groups -OCH3 is 1. The van der Waals surface area contributed by atoms with Gasteiger partial charge in [-0.1, -0.05) is 24.6 Å². The number of benzene rings is 1. The summed E-state index contributed by atoms with van der Waals surface area (Å²) in [6.07, 6.45) is 4.01. The highest BCUT2D eigenvalue weighted by Gasteiger charge is 2.20. The van der Waals surface area contributed by atoms with Gasteiger partial charge >= 0.3 is 0 Å². The molecule has 1 aliphatic carbocycles. The zero-order valence-corrected chi connectivity index (χ0v) is 9.49. The predicted molar refractivity (Wildman–Crippen MR) is 62.2 cm³/mol. The molecule has 1 N–H and O–H groups in total. The Balaban J connectivity index is 2.05. The van der Waals surface area contributed by atoms with E-state index in [-0.39, 0.29) is 0 Å². The van der Waals surface area contributed by atoms with Crippen molar-refractivity contribution in [2.24, 2.45) is 0 Å². The van der Waals surface area contributed by atoms with Gasteiger partial charge in [0.25, 0.3) is 0 Å². The van der Waals surface area contributed by atoms with Gasteiger partial charge in [0.15, 0.2) is 0 Å². The lowest BCUT2D eigenvalue weighted by atomic mass is 9.91. The van der Waals surface area contributed by atoms with Gasteiger partial charge in [-0.25, -0.2) is 0 Å². The molecule has 0 bridgehead atoms. The molecule has 2 rings (SSSR count). The average molecular weight is 205 g/mol. The quantitative estimate of drug-likeness (QED) is 0.816. The third kappa shape index (κ3) is 2.32. The molecular weight excluding hydrogens is 186 g/mol. The van der Waals surface area contributed by atoms with Crippen molar-refractivity contribution in [2.75, 3.05) is 7.11 Å². The van der Waals surface area contributed by atoms with E-state index in [1.54, 1.807) is 7.11 Å². The summed E-state index contributed by atoms with van der Waals surface area (Å²) in [5, 5.41) is 3.63. The molecule has 1 fully saturated rings. The molecule has 0 aromatic heterocycles. The lowest BCUT2D eigenvalue weighted by molar-refractivity contribution is 0.308. The lowest BCUT2D eigenvalue weighted by Gasteiger charge is -2.30. The predicted octanol–water partition coefficient (Wildman–Crippen LogP) is 2.90. The van der Waals surface area contributed by atoms with Gasteiger partial charge in [-0.15, -0.1) is 0 Å². The van der Waals surface area contributed by atoms with E-state index in [1.165, 1.54) is 24.8 Å². The molecular formula is C13H19NO. The first-order valence-electron chi connectivity index (χ1n) is 5.70. The maximum atomic E-state index is 5.36. The van der Waals surface area contributed by atoms with E-state index in [0.29, 0.717) is 12.1 Å². The summed E-state index contributed by atoms with van der Waals surface area (Å²) >= 11 is 0. The number of nitrogens with one attached hydrogen (secondary N) is 1. The van der Waals surface area contributed by atoms with Gasteiger partial charge in [0.2, 0.25) is 0 Å². The van der Waals surface area contributed by atoms with E-state index >= 15 is 0 Å². The number of rotatable bonds is 4. The molecule has 0 heterocycles. The smallest absolute Gasteiger partial charge is 0.123 e. The molecule has 1 aromatic rings. The van der Waals surface area contributed by atoms with E-state index < -0.39 is 0 Å². The van der Waals surface area contributed by atoms with Gasteiger partial charge in [0.05, 0.1) is 7.11 Å². The summed E-state index contributed by atoms with van der Waals surface area (Å²) in [6.45, 7) is 2.20. The molecule has 82 valence electrons. The maximum Gasteiger partial charge on any atom is 0.123 e. The minimum atomic E-state index is 0.381. The number of para-hydroxylation sites is 1. The van der Waals surface area contributed by atoms with Crippen LogP contribution in [-0.2, 0) is 0 Å². The summed E-state index contributed by atoms with van der Waals surface area (Å²) in [7, 11) is 1.73. The largest absolute Gasteiger partial charge is 0.496 e. The van der Waals surface area contributed by atoms with Crippen LogP contribution in [0.3, 0.4) is 0 Å². The van der Waals surface area contributed by atoms with Crippen molar-refractivity contribution in [2.45, 2.75) is 38.3 Å². The van der Waals surface area contributed by atoms with Crippen molar-refractivity contribution in [3.05, 3.63) is 29.8 Å². The van der Waals surface area contributed by atoms with Crippen LogP contribution in [-0.4, -0.2) is 13.2 Å². The standard InChI is InChI=1S/C13H19NO/c1-10(14-11-6-5-7-11)12-8-3-4-9-13(12)15-2/h3-4,8-11,14H,5-7H2,1-2H3/t10-/m1/s1. The van der Waals surface area contributed by atoms with Crippen LogP contribution in [0.1, 0.15) is 37.8 Å². The van der Waals surface area contributed by atoms with Crippen LogP contribution in [0, 0.1) is 0 Å². The fourth-order valence-corrected chi connectivity index (χ4v) is 2.04. The monoisotopic (exact) mass is 205 g/mol. The van der Waals surface area contributed by atoms with Crippen molar-refractivity contribution in [1.82, 2.24) is 5.32 Å². The first kappa shape index (κ1) is 10.5. The van der Waals surface area contributed by atoms with E-state index in [2.05, 4.69) is 24.4 Å². The Morgan fingerprint density at radius 1 is 1.33 bits per heavy atom. The van der Waals surface area contributed by atoms with E-state index in [0.717, 1.165) is 5.75 Å². The number of hydrogen-bond donors (Lipinski definition) is 1. The second-order valence-corrected chi connectivity index (χ2v) is 4.26. The van der Waals surface area contributed by atoms with E-state index in [1.807, 2.05) is 12.1 Å². The van der Waals surface area contributed by atoms with Crippen LogP contribution in [0.5, 0.6) is 5.75 Å². The molecule has 15 heavy (non-hydrogen) atoms. The fraction of sp³-hybridized carbons (Fsp3) is 0.538. The minimum absolute atomic E-state index is 0.381. The Kier molecular flexibility index (Phi) is 3.27. The van der Waals surface area contributed by atoms with Gasteiger partial charge in [-0.05, 0) is 25.8 Å². The summed E-state index contributed by atoms with van der Waals surface area (Å²) in [5.41, 5.74) is 1.26. The van der Waals surface area contributed by atoms with Gasteiger partial charge in [-0.3, -0.25) is 0 Å².